The van der Waals surface area contributed by atoms with Gasteiger partial charge in [0.1, 0.15) is 0 Å². The fourth-order valence-corrected chi connectivity index (χ4v) is 1.29. The van der Waals surface area contributed by atoms with Crippen molar-refractivity contribution in [2.24, 2.45) is 5.73 Å². The molecule has 0 bridgehead atoms. The number of nitrogens with two attached hydrogens (primary N) is 1. The normalized spacial score (nSPS) is 14.3. The first-order chi connectivity index (χ1) is 7.15. The number of aliphatic hydroxyl groups excluding tert-OH is 1. The van der Waals surface area contributed by atoms with Crippen molar-refractivity contribution >= 4 is 5.97 Å². The summed E-state index contributed by atoms with van der Waals surface area (Å²) in [5.41, 5.74) is 6.65. The number of hydrogen-bond donors (Lipinski definition) is 2. The van der Waals surface area contributed by atoms with Crippen molar-refractivity contribution in [2.45, 2.75) is 18.6 Å². The minimum absolute atomic E-state index is 0.442. The van der Waals surface area contributed by atoms with Crippen LogP contribution in [0.2, 0.25) is 0 Å². The first-order valence-corrected chi connectivity index (χ1v) is 4.70. The van der Waals surface area contributed by atoms with Gasteiger partial charge in [0.2, 0.25) is 0 Å². The fraction of sp³-hybridized carbons (Fsp3) is 0.364. The van der Waals surface area contributed by atoms with Crippen LogP contribution < -0.4 is 5.73 Å². The van der Waals surface area contributed by atoms with E-state index >= 15 is 0 Å². The molecule has 4 nitrogen and oxygen atoms in total. The quantitative estimate of drug-likeness (QED) is 0.689. The molecule has 1 rings (SSSR count). The Bertz CT molecular complexity index is 313. The molecule has 0 aliphatic heterocycles. The van der Waals surface area contributed by atoms with Crippen LogP contribution >= 0.6 is 0 Å². The van der Waals surface area contributed by atoms with Crippen LogP contribution in [0.4, 0.5) is 0 Å². The summed E-state index contributed by atoms with van der Waals surface area (Å²) in [6.07, 6.45) is -0.827. The minimum Gasteiger partial charge on any atom is -0.467 e. The zero-order chi connectivity index (χ0) is 11.3. The lowest BCUT2D eigenvalue weighted by Gasteiger charge is -2.16. The topological polar surface area (TPSA) is 72.5 Å². The van der Waals surface area contributed by atoms with E-state index in [0.717, 1.165) is 5.56 Å². The molecule has 0 saturated carbocycles. The van der Waals surface area contributed by atoms with E-state index in [9.17, 15) is 9.90 Å². The van der Waals surface area contributed by atoms with Crippen LogP contribution in [0.5, 0.6) is 0 Å². The number of esters is 1. The minimum atomic E-state index is -1.27. The number of rotatable bonds is 4. The van der Waals surface area contributed by atoms with Crippen molar-refractivity contribution in [2.75, 3.05) is 7.11 Å². The van der Waals surface area contributed by atoms with Crippen LogP contribution in [0.1, 0.15) is 5.56 Å². The van der Waals surface area contributed by atoms with Crippen LogP contribution in [0.25, 0.3) is 0 Å². The van der Waals surface area contributed by atoms with Crippen LogP contribution in [-0.4, -0.2) is 30.3 Å². The molecule has 1 aromatic rings. The van der Waals surface area contributed by atoms with Crippen LogP contribution in [-0.2, 0) is 16.0 Å². The molecule has 0 radical (unpaired) electrons. The van der Waals surface area contributed by atoms with E-state index in [1.54, 1.807) is 0 Å². The summed E-state index contributed by atoms with van der Waals surface area (Å²) in [7, 11) is 1.22. The van der Waals surface area contributed by atoms with Crippen LogP contribution in [0.15, 0.2) is 30.3 Å². The molecule has 0 fully saturated rings. The summed E-state index contributed by atoms with van der Waals surface area (Å²) < 4.78 is 4.40. The number of hydrogen-bond acceptors (Lipinski definition) is 4. The molecule has 4 heteroatoms. The predicted molar refractivity (Wildman–Crippen MR) is 56.1 cm³/mol. The van der Waals surface area contributed by atoms with Gasteiger partial charge in [-0.15, -0.1) is 0 Å². The molecule has 82 valence electrons. The van der Waals surface area contributed by atoms with Crippen molar-refractivity contribution in [1.82, 2.24) is 0 Å². The number of carbonyl (C=O) groups is 1. The first-order valence-electron chi connectivity index (χ1n) is 4.70. The molecule has 0 spiro atoms. The maximum absolute atomic E-state index is 11.0. The van der Waals surface area contributed by atoms with E-state index in [1.165, 1.54) is 7.11 Å². The predicted octanol–water partition coefficient (Wildman–Crippen LogP) is 0.0903. The van der Waals surface area contributed by atoms with Crippen molar-refractivity contribution in [3.05, 3.63) is 35.9 Å². The summed E-state index contributed by atoms with van der Waals surface area (Å²) in [4.78, 5) is 11.0. The molecule has 3 N–H and O–H groups in total. The Hall–Kier alpha value is -1.39. The van der Waals surface area contributed by atoms with E-state index in [2.05, 4.69) is 4.74 Å². The van der Waals surface area contributed by atoms with E-state index in [-0.39, 0.29) is 0 Å². The third kappa shape index (κ3) is 3.34. The Labute approximate surface area is 88.7 Å². The molecular formula is C11H15NO3. The first kappa shape index (κ1) is 11.7. The van der Waals surface area contributed by atoms with Gasteiger partial charge < -0.3 is 15.6 Å². The maximum atomic E-state index is 11.0. The van der Waals surface area contributed by atoms with Gasteiger partial charge in [-0.1, -0.05) is 30.3 Å². The molecular weight excluding hydrogens is 194 g/mol. The van der Waals surface area contributed by atoms with Crippen LogP contribution in [0.3, 0.4) is 0 Å². The smallest absolute Gasteiger partial charge is 0.336 e. The van der Waals surface area contributed by atoms with Gasteiger partial charge in [-0.05, 0) is 12.0 Å². The number of aliphatic hydroxyl groups is 1. The molecule has 0 saturated heterocycles. The standard InChI is InChI=1S/C11H15NO3/c1-15-11(14)10(13)9(12)7-8-5-3-2-4-6-8/h2-6,9-10,13H,7,12H2,1H3/t9?,10-/m0/s1. The maximum Gasteiger partial charge on any atom is 0.336 e. The van der Waals surface area contributed by atoms with Crippen molar-refractivity contribution in [3.63, 3.8) is 0 Å². The molecule has 1 aromatic carbocycles. The third-order valence-electron chi connectivity index (χ3n) is 2.16. The van der Waals surface area contributed by atoms with E-state index < -0.39 is 18.1 Å². The largest absolute Gasteiger partial charge is 0.467 e. The average molecular weight is 209 g/mol. The highest BCUT2D eigenvalue weighted by Gasteiger charge is 2.23. The molecule has 0 aliphatic carbocycles. The van der Waals surface area contributed by atoms with Gasteiger partial charge in [-0.25, -0.2) is 4.79 Å². The molecule has 0 amide bonds. The molecule has 0 aromatic heterocycles. The molecule has 2 atom stereocenters. The second-order valence-electron chi connectivity index (χ2n) is 3.32. The Morgan fingerprint density at radius 3 is 2.60 bits per heavy atom. The van der Waals surface area contributed by atoms with Gasteiger partial charge in [0.05, 0.1) is 7.11 Å². The van der Waals surface area contributed by atoms with Gasteiger partial charge >= 0.3 is 5.97 Å². The lowest BCUT2D eigenvalue weighted by molar-refractivity contribution is -0.151. The summed E-state index contributed by atoms with van der Waals surface area (Å²) in [5, 5.41) is 9.45. The Morgan fingerprint density at radius 1 is 1.47 bits per heavy atom. The summed E-state index contributed by atoms with van der Waals surface area (Å²) in [5.74, 6) is -0.696. The zero-order valence-electron chi connectivity index (χ0n) is 8.59. The average Bonchev–Trinajstić information content (AvgIpc) is 2.28. The van der Waals surface area contributed by atoms with E-state index in [0.29, 0.717) is 6.42 Å². The number of ether oxygens (including phenoxy) is 1. The second-order valence-corrected chi connectivity index (χ2v) is 3.32. The van der Waals surface area contributed by atoms with Gasteiger partial charge in [-0.2, -0.15) is 0 Å². The zero-order valence-corrected chi connectivity index (χ0v) is 8.59. The summed E-state index contributed by atoms with van der Waals surface area (Å²) in [6.45, 7) is 0. The van der Waals surface area contributed by atoms with Gasteiger partial charge in [-0.3, -0.25) is 0 Å². The van der Waals surface area contributed by atoms with Gasteiger partial charge in [0.25, 0.3) is 0 Å². The molecule has 0 heterocycles. The monoisotopic (exact) mass is 209 g/mol. The Morgan fingerprint density at radius 2 is 2.07 bits per heavy atom. The number of carbonyl (C=O) groups excluding carboxylic acids is 1. The van der Waals surface area contributed by atoms with Crippen molar-refractivity contribution < 1.29 is 14.6 Å². The molecule has 0 aliphatic rings. The van der Waals surface area contributed by atoms with Crippen molar-refractivity contribution in [1.29, 1.82) is 0 Å². The SMILES string of the molecule is COC(=O)[C@@H](O)C(N)Cc1ccccc1. The lowest BCUT2D eigenvalue weighted by Crippen LogP contribution is -2.42. The Balaban J connectivity index is 2.56. The highest BCUT2D eigenvalue weighted by Crippen LogP contribution is 2.05. The third-order valence-corrected chi connectivity index (χ3v) is 2.16. The highest BCUT2D eigenvalue weighted by molar-refractivity contribution is 5.75. The second kappa shape index (κ2) is 5.48. The number of methoxy groups -OCH3 is 1. The molecule has 1 unspecified atom stereocenters. The highest BCUT2D eigenvalue weighted by atomic mass is 16.5. The molecule has 15 heavy (non-hydrogen) atoms. The Kier molecular flexibility index (Phi) is 4.27. The van der Waals surface area contributed by atoms with Crippen molar-refractivity contribution in [3.8, 4) is 0 Å². The lowest BCUT2D eigenvalue weighted by atomic mass is 10.0. The van der Waals surface area contributed by atoms with E-state index in [1.807, 2.05) is 30.3 Å². The number of benzene rings is 1. The van der Waals surface area contributed by atoms with E-state index in [4.69, 9.17) is 5.73 Å². The van der Waals surface area contributed by atoms with Gasteiger partial charge in [0.15, 0.2) is 6.10 Å². The van der Waals surface area contributed by atoms with Gasteiger partial charge in [0, 0.05) is 6.04 Å². The summed E-state index contributed by atoms with van der Waals surface area (Å²) in [6, 6.07) is 8.80. The summed E-state index contributed by atoms with van der Waals surface area (Å²) >= 11 is 0. The van der Waals surface area contributed by atoms with Crippen LogP contribution in [0, 0.1) is 0 Å². The fourth-order valence-electron chi connectivity index (χ4n) is 1.29.